The number of para-hydroxylation sites is 1. The topological polar surface area (TPSA) is 55.3 Å². The summed E-state index contributed by atoms with van der Waals surface area (Å²) in [5, 5.41) is 3.46. The highest BCUT2D eigenvalue weighted by molar-refractivity contribution is 5.79. The van der Waals surface area contributed by atoms with Crippen molar-refractivity contribution in [1.82, 2.24) is 10.2 Å². The molecule has 1 aromatic carbocycles. The zero-order valence-electron chi connectivity index (χ0n) is 16.4. The summed E-state index contributed by atoms with van der Waals surface area (Å²) < 4.78 is 17.3. The molecule has 0 aromatic heterocycles. The van der Waals surface area contributed by atoms with E-state index in [2.05, 4.69) is 15.2 Å². The van der Waals surface area contributed by atoms with Crippen molar-refractivity contribution in [1.29, 1.82) is 0 Å². The van der Waals surface area contributed by atoms with Crippen molar-refractivity contribution < 1.29 is 14.2 Å². The highest BCUT2D eigenvalue weighted by Gasteiger charge is 2.22. The summed E-state index contributed by atoms with van der Waals surface area (Å²) in [6.07, 6.45) is 5.89. The van der Waals surface area contributed by atoms with Gasteiger partial charge >= 0.3 is 0 Å². The van der Waals surface area contributed by atoms with Gasteiger partial charge in [-0.1, -0.05) is 18.2 Å². The Morgan fingerprint density at radius 2 is 2.04 bits per heavy atom. The number of nitrogens with one attached hydrogen (secondary N) is 1. The second kappa shape index (κ2) is 11.1. The van der Waals surface area contributed by atoms with Crippen molar-refractivity contribution in [3.8, 4) is 5.75 Å². The monoisotopic (exact) mass is 375 g/mol. The molecule has 1 aromatic rings. The molecule has 3 rings (SSSR count). The van der Waals surface area contributed by atoms with E-state index >= 15 is 0 Å². The first kappa shape index (κ1) is 20.0. The Hall–Kier alpha value is -1.79. The van der Waals surface area contributed by atoms with Crippen LogP contribution in [0.4, 0.5) is 0 Å². The Balaban J connectivity index is 1.28. The Morgan fingerprint density at radius 3 is 2.74 bits per heavy atom. The first-order valence-corrected chi connectivity index (χ1v) is 10.2. The van der Waals surface area contributed by atoms with Gasteiger partial charge in [0.15, 0.2) is 5.96 Å². The quantitative estimate of drug-likeness (QED) is 0.430. The van der Waals surface area contributed by atoms with Gasteiger partial charge in [0.05, 0.1) is 12.7 Å². The SMILES string of the molecule is CN=C(NCCCOCC1CCCO1)N1CCC(Oc2ccccc2)CC1. The average molecular weight is 376 g/mol. The molecule has 0 bridgehead atoms. The molecule has 27 heavy (non-hydrogen) atoms. The standard InChI is InChI=1S/C21H33N3O3/c1-22-21(23-12-6-15-25-17-20-9-5-16-26-20)24-13-10-19(11-14-24)27-18-7-3-2-4-8-18/h2-4,7-8,19-20H,5-6,9-17H2,1H3,(H,22,23). The lowest BCUT2D eigenvalue weighted by Gasteiger charge is -2.34. The summed E-state index contributed by atoms with van der Waals surface area (Å²) in [4.78, 5) is 6.75. The molecule has 1 N–H and O–H groups in total. The van der Waals surface area contributed by atoms with Crippen LogP contribution < -0.4 is 10.1 Å². The van der Waals surface area contributed by atoms with E-state index in [0.29, 0.717) is 6.10 Å². The maximum atomic E-state index is 6.07. The molecule has 2 aliphatic heterocycles. The summed E-state index contributed by atoms with van der Waals surface area (Å²) >= 11 is 0. The van der Waals surface area contributed by atoms with Gasteiger partial charge in [-0.3, -0.25) is 4.99 Å². The minimum absolute atomic E-state index is 0.285. The van der Waals surface area contributed by atoms with Crippen LogP contribution in [0.2, 0.25) is 0 Å². The Labute approximate surface area is 162 Å². The van der Waals surface area contributed by atoms with Gasteiger partial charge in [-0.25, -0.2) is 0 Å². The van der Waals surface area contributed by atoms with E-state index in [0.717, 1.165) is 76.8 Å². The molecule has 2 fully saturated rings. The van der Waals surface area contributed by atoms with Crippen LogP contribution in [0.15, 0.2) is 35.3 Å². The van der Waals surface area contributed by atoms with Crippen LogP contribution in [0, 0.1) is 0 Å². The number of ether oxygens (including phenoxy) is 3. The van der Waals surface area contributed by atoms with Crippen molar-refractivity contribution >= 4 is 5.96 Å². The van der Waals surface area contributed by atoms with Crippen LogP contribution in [0.3, 0.4) is 0 Å². The second-order valence-corrected chi connectivity index (χ2v) is 7.15. The lowest BCUT2D eigenvalue weighted by molar-refractivity contribution is 0.0168. The summed E-state index contributed by atoms with van der Waals surface area (Å²) in [5.74, 6) is 1.94. The zero-order chi connectivity index (χ0) is 18.7. The number of hydrogen-bond acceptors (Lipinski definition) is 4. The van der Waals surface area contributed by atoms with E-state index in [1.807, 2.05) is 37.4 Å². The molecular weight excluding hydrogens is 342 g/mol. The van der Waals surface area contributed by atoms with E-state index in [4.69, 9.17) is 14.2 Å². The second-order valence-electron chi connectivity index (χ2n) is 7.15. The van der Waals surface area contributed by atoms with E-state index in [9.17, 15) is 0 Å². The maximum Gasteiger partial charge on any atom is 0.193 e. The van der Waals surface area contributed by atoms with Gasteiger partial charge in [0.1, 0.15) is 11.9 Å². The van der Waals surface area contributed by atoms with Crippen molar-refractivity contribution in [3.05, 3.63) is 30.3 Å². The molecule has 0 spiro atoms. The molecule has 2 heterocycles. The molecule has 0 saturated carbocycles. The number of piperidine rings is 1. The number of aliphatic imine (C=N–C) groups is 1. The summed E-state index contributed by atoms with van der Waals surface area (Å²) in [6, 6.07) is 10.1. The van der Waals surface area contributed by atoms with E-state index in [-0.39, 0.29) is 6.10 Å². The Morgan fingerprint density at radius 1 is 1.22 bits per heavy atom. The van der Waals surface area contributed by atoms with Crippen LogP contribution in [0.5, 0.6) is 5.75 Å². The molecule has 1 atom stereocenters. The molecule has 0 aliphatic carbocycles. The number of rotatable bonds is 8. The van der Waals surface area contributed by atoms with Gasteiger partial charge in [0.25, 0.3) is 0 Å². The minimum atomic E-state index is 0.285. The number of likely N-dealkylation sites (tertiary alicyclic amines) is 1. The first-order chi connectivity index (χ1) is 13.3. The summed E-state index contributed by atoms with van der Waals surface area (Å²) in [7, 11) is 1.85. The smallest absolute Gasteiger partial charge is 0.193 e. The predicted molar refractivity (Wildman–Crippen MR) is 107 cm³/mol. The first-order valence-electron chi connectivity index (χ1n) is 10.2. The number of benzene rings is 1. The largest absolute Gasteiger partial charge is 0.490 e. The highest BCUT2D eigenvalue weighted by Crippen LogP contribution is 2.18. The Kier molecular flexibility index (Phi) is 8.24. The van der Waals surface area contributed by atoms with Gasteiger partial charge in [-0.15, -0.1) is 0 Å². The average Bonchev–Trinajstić information content (AvgIpc) is 3.23. The molecule has 2 saturated heterocycles. The third-order valence-electron chi connectivity index (χ3n) is 5.08. The van der Waals surface area contributed by atoms with Crippen molar-refractivity contribution in [2.24, 2.45) is 4.99 Å². The van der Waals surface area contributed by atoms with Crippen LogP contribution >= 0.6 is 0 Å². The third-order valence-corrected chi connectivity index (χ3v) is 5.08. The number of nitrogens with zero attached hydrogens (tertiary/aromatic N) is 2. The van der Waals surface area contributed by atoms with Crippen LogP contribution in [-0.2, 0) is 9.47 Å². The van der Waals surface area contributed by atoms with Gasteiger partial charge in [-0.05, 0) is 31.4 Å². The molecule has 0 amide bonds. The van der Waals surface area contributed by atoms with Gasteiger partial charge in [-0.2, -0.15) is 0 Å². The van der Waals surface area contributed by atoms with Crippen LogP contribution in [0.25, 0.3) is 0 Å². The van der Waals surface area contributed by atoms with Gasteiger partial charge in [0, 0.05) is 52.7 Å². The van der Waals surface area contributed by atoms with Crippen molar-refractivity contribution in [3.63, 3.8) is 0 Å². The molecule has 6 nitrogen and oxygen atoms in total. The van der Waals surface area contributed by atoms with E-state index in [1.54, 1.807) is 0 Å². The normalized spacial score (nSPS) is 21.4. The van der Waals surface area contributed by atoms with E-state index < -0.39 is 0 Å². The third kappa shape index (κ3) is 6.70. The molecule has 2 aliphatic rings. The summed E-state index contributed by atoms with van der Waals surface area (Å²) in [6.45, 7) is 5.18. The molecule has 150 valence electrons. The lowest BCUT2D eigenvalue weighted by atomic mass is 10.1. The highest BCUT2D eigenvalue weighted by atomic mass is 16.5. The summed E-state index contributed by atoms with van der Waals surface area (Å²) in [5.41, 5.74) is 0. The van der Waals surface area contributed by atoms with Gasteiger partial charge < -0.3 is 24.4 Å². The lowest BCUT2D eigenvalue weighted by Crippen LogP contribution is -2.47. The van der Waals surface area contributed by atoms with Crippen LogP contribution in [0.1, 0.15) is 32.1 Å². The Bertz CT molecular complexity index is 553. The molecule has 1 unspecified atom stereocenters. The molecule has 6 heteroatoms. The fourth-order valence-corrected chi connectivity index (χ4v) is 3.57. The van der Waals surface area contributed by atoms with Crippen molar-refractivity contribution in [2.45, 2.75) is 44.3 Å². The van der Waals surface area contributed by atoms with Crippen molar-refractivity contribution in [2.75, 3.05) is 46.5 Å². The number of hydrogen-bond donors (Lipinski definition) is 1. The fraction of sp³-hybridized carbons (Fsp3) is 0.667. The molecule has 0 radical (unpaired) electrons. The minimum Gasteiger partial charge on any atom is -0.490 e. The predicted octanol–water partition coefficient (Wildman–Crippen LogP) is 2.69. The molecular formula is C21H33N3O3. The fourth-order valence-electron chi connectivity index (χ4n) is 3.57. The zero-order valence-corrected chi connectivity index (χ0v) is 16.4. The van der Waals surface area contributed by atoms with Gasteiger partial charge in [0.2, 0.25) is 0 Å². The van der Waals surface area contributed by atoms with Crippen LogP contribution in [-0.4, -0.2) is 69.6 Å². The van der Waals surface area contributed by atoms with E-state index in [1.165, 1.54) is 6.42 Å². The number of guanidine groups is 1. The maximum absolute atomic E-state index is 6.07.